The molecule has 3 rings (SSSR count). The molecular formula is C21H26FNO5S. The van der Waals surface area contributed by atoms with Crippen LogP contribution in [-0.4, -0.2) is 62.3 Å². The van der Waals surface area contributed by atoms with E-state index in [1.54, 1.807) is 19.2 Å². The molecule has 0 radical (unpaired) electrons. The maximum absolute atomic E-state index is 13.7. The van der Waals surface area contributed by atoms with Crippen LogP contribution in [0.2, 0.25) is 0 Å². The average Bonchev–Trinajstić information content (AvgIpc) is 3.07. The molecule has 6 nitrogen and oxygen atoms in total. The molecule has 0 aliphatic carbocycles. The standard InChI is InChI=1S/C21H26FNO5S/c1-27-19-6-4-5-16(11-19)12-23(17-9-10-29(25,26)15-17)13-18(24)14-28-21-8-3-2-7-20(21)22/h2-8,11,17-18,24H,9-10,12-15H2,1H3. The van der Waals surface area contributed by atoms with Gasteiger partial charge in [-0.3, -0.25) is 4.90 Å². The Morgan fingerprint density at radius 3 is 2.72 bits per heavy atom. The van der Waals surface area contributed by atoms with E-state index in [9.17, 15) is 17.9 Å². The molecule has 0 bridgehead atoms. The van der Waals surface area contributed by atoms with Gasteiger partial charge < -0.3 is 14.6 Å². The molecular weight excluding hydrogens is 397 g/mol. The molecule has 1 aliphatic rings. The molecule has 1 saturated heterocycles. The number of rotatable bonds is 9. The molecule has 1 fully saturated rings. The summed E-state index contributed by atoms with van der Waals surface area (Å²) in [6.07, 6.45) is -0.378. The van der Waals surface area contributed by atoms with Crippen molar-refractivity contribution in [2.24, 2.45) is 0 Å². The molecule has 2 aromatic rings. The molecule has 1 heterocycles. The second kappa shape index (κ2) is 9.56. The first kappa shape index (κ1) is 21.5. The third-order valence-corrected chi connectivity index (χ3v) is 6.71. The van der Waals surface area contributed by atoms with E-state index in [4.69, 9.17) is 9.47 Å². The van der Waals surface area contributed by atoms with E-state index in [1.165, 1.54) is 12.1 Å². The van der Waals surface area contributed by atoms with Crippen molar-refractivity contribution in [2.45, 2.75) is 25.1 Å². The summed E-state index contributed by atoms with van der Waals surface area (Å²) in [7, 11) is -1.48. The summed E-state index contributed by atoms with van der Waals surface area (Å²) in [5.74, 6) is 0.514. The largest absolute Gasteiger partial charge is 0.497 e. The molecule has 1 aliphatic heterocycles. The van der Waals surface area contributed by atoms with Gasteiger partial charge in [0.2, 0.25) is 0 Å². The highest BCUT2D eigenvalue weighted by Gasteiger charge is 2.33. The van der Waals surface area contributed by atoms with Crippen LogP contribution < -0.4 is 9.47 Å². The first-order valence-corrected chi connectivity index (χ1v) is 11.3. The Balaban J connectivity index is 1.68. The van der Waals surface area contributed by atoms with Crippen molar-refractivity contribution in [3.8, 4) is 11.5 Å². The lowest BCUT2D eigenvalue weighted by Gasteiger charge is -2.30. The first-order valence-electron chi connectivity index (χ1n) is 9.49. The monoisotopic (exact) mass is 423 g/mol. The van der Waals surface area contributed by atoms with Crippen LogP contribution in [0.1, 0.15) is 12.0 Å². The topological polar surface area (TPSA) is 76.1 Å². The Kier molecular flexibility index (Phi) is 7.10. The summed E-state index contributed by atoms with van der Waals surface area (Å²) in [5, 5.41) is 10.5. The lowest BCUT2D eigenvalue weighted by atomic mass is 10.1. The number of hydrogen-bond donors (Lipinski definition) is 1. The maximum Gasteiger partial charge on any atom is 0.165 e. The average molecular weight is 424 g/mol. The number of hydrogen-bond acceptors (Lipinski definition) is 6. The van der Waals surface area contributed by atoms with E-state index in [2.05, 4.69) is 0 Å². The molecule has 8 heteroatoms. The third-order valence-electron chi connectivity index (χ3n) is 4.96. The van der Waals surface area contributed by atoms with Crippen molar-refractivity contribution < 1.29 is 27.4 Å². The second-order valence-electron chi connectivity index (χ2n) is 7.23. The van der Waals surface area contributed by atoms with Crippen LogP contribution in [0.25, 0.3) is 0 Å². The van der Waals surface area contributed by atoms with E-state index in [-0.39, 0.29) is 36.4 Å². The fourth-order valence-electron chi connectivity index (χ4n) is 3.48. The molecule has 2 unspecified atom stereocenters. The zero-order valence-corrected chi connectivity index (χ0v) is 17.1. The Morgan fingerprint density at radius 2 is 2.03 bits per heavy atom. The van der Waals surface area contributed by atoms with E-state index in [0.29, 0.717) is 18.7 Å². The number of halogens is 1. The minimum Gasteiger partial charge on any atom is -0.497 e. The summed E-state index contributed by atoms with van der Waals surface area (Å²) < 4.78 is 48.3. The lowest BCUT2D eigenvalue weighted by molar-refractivity contribution is 0.0513. The molecule has 2 aromatic carbocycles. The SMILES string of the molecule is COc1cccc(CN(CC(O)COc2ccccc2F)C2CCS(=O)(=O)C2)c1. The summed E-state index contributed by atoms with van der Waals surface area (Å²) >= 11 is 0. The number of methoxy groups -OCH3 is 1. The Labute approximate surface area is 170 Å². The highest BCUT2D eigenvalue weighted by molar-refractivity contribution is 7.91. The van der Waals surface area contributed by atoms with Gasteiger partial charge in [0.05, 0.1) is 18.6 Å². The molecule has 0 amide bonds. The minimum atomic E-state index is -3.07. The number of nitrogens with zero attached hydrogens (tertiary/aromatic N) is 1. The second-order valence-corrected chi connectivity index (χ2v) is 9.46. The number of sulfone groups is 1. The minimum absolute atomic E-state index is 0.0673. The molecule has 29 heavy (non-hydrogen) atoms. The lowest BCUT2D eigenvalue weighted by Crippen LogP contribution is -2.42. The van der Waals surface area contributed by atoms with E-state index in [1.807, 2.05) is 29.2 Å². The molecule has 1 N–H and O–H groups in total. The van der Waals surface area contributed by atoms with Crippen molar-refractivity contribution in [3.05, 3.63) is 59.9 Å². The van der Waals surface area contributed by atoms with Crippen LogP contribution in [-0.2, 0) is 16.4 Å². The summed E-state index contributed by atoms with van der Waals surface area (Å²) in [4.78, 5) is 1.95. The van der Waals surface area contributed by atoms with Crippen LogP contribution in [0.3, 0.4) is 0 Å². The van der Waals surface area contributed by atoms with Crippen LogP contribution in [0.15, 0.2) is 48.5 Å². The number of ether oxygens (including phenoxy) is 2. The van der Waals surface area contributed by atoms with Gasteiger partial charge in [0.15, 0.2) is 21.4 Å². The van der Waals surface area contributed by atoms with Crippen LogP contribution >= 0.6 is 0 Å². The number of para-hydroxylation sites is 1. The van der Waals surface area contributed by atoms with Crippen molar-refractivity contribution >= 4 is 9.84 Å². The van der Waals surface area contributed by atoms with Gasteiger partial charge in [-0.15, -0.1) is 0 Å². The molecule has 0 aromatic heterocycles. The molecule has 2 atom stereocenters. The summed E-state index contributed by atoms with van der Waals surface area (Å²) in [6.45, 7) is 0.592. The van der Waals surface area contributed by atoms with Gasteiger partial charge in [-0.2, -0.15) is 0 Å². The van der Waals surface area contributed by atoms with E-state index in [0.717, 1.165) is 5.56 Å². The van der Waals surface area contributed by atoms with Gasteiger partial charge in [0, 0.05) is 19.1 Å². The molecule has 0 saturated carbocycles. The van der Waals surface area contributed by atoms with Gasteiger partial charge in [-0.05, 0) is 36.2 Å². The third kappa shape index (κ3) is 6.16. The van der Waals surface area contributed by atoms with E-state index < -0.39 is 21.8 Å². The fourth-order valence-corrected chi connectivity index (χ4v) is 5.24. The molecule has 0 spiro atoms. The van der Waals surface area contributed by atoms with E-state index >= 15 is 0 Å². The van der Waals surface area contributed by atoms with Crippen LogP contribution in [0.4, 0.5) is 4.39 Å². The van der Waals surface area contributed by atoms with Crippen molar-refractivity contribution in [1.82, 2.24) is 4.90 Å². The van der Waals surface area contributed by atoms with Gasteiger partial charge >= 0.3 is 0 Å². The van der Waals surface area contributed by atoms with Crippen LogP contribution in [0, 0.1) is 5.82 Å². The predicted octanol–water partition coefficient (Wildman–Crippen LogP) is 2.26. The highest BCUT2D eigenvalue weighted by atomic mass is 32.2. The number of benzene rings is 2. The van der Waals surface area contributed by atoms with Crippen molar-refractivity contribution in [3.63, 3.8) is 0 Å². The number of aliphatic hydroxyl groups is 1. The smallest absolute Gasteiger partial charge is 0.165 e. The van der Waals surface area contributed by atoms with Gasteiger partial charge in [-0.1, -0.05) is 24.3 Å². The van der Waals surface area contributed by atoms with Gasteiger partial charge in [0.1, 0.15) is 18.5 Å². The highest BCUT2D eigenvalue weighted by Crippen LogP contribution is 2.22. The summed E-state index contributed by atoms with van der Waals surface area (Å²) in [5.41, 5.74) is 0.955. The Morgan fingerprint density at radius 1 is 1.24 bits per heavy atom. The number of aliphatic hydroxyl groups excluding tert-OH is 1. The van der Waals surface area contributed by atoms with Gasteiger partial charge in [0.25, 0.3) is 0 Å². The van der Waals surface area contributed by atoms with Gasteiger partial charge in [-0.25, -0.2) is 12.8 Å². The fraction of sp³-hybridized carbons (Fsp3) is 0.429. The Hall–Kier alpha value is -2.16. The normalized spacial score (nSPS) is 19.2. The quantitative estimate of drug-likeness (QED) is 0.667. The zero-order chi connectivity index (χ0) is 20.9. The van der Waals surface area contributed by atoms with Crippen molar-refractivity contribution in [1.29, 1.82) is 0 Å². The predicted molar refractivity (Wildman–Crippen MR) is 108 cm³/mol. The van der Waals surface area contributed by atoms with Crippen molar-refractivity contribution in [2.75, 3.05) is 31.8 Å². The molecule has 158 valence electrons. The zero-order valence-electron chi connectivity index (χ0n) is 16.3. The first-order chi connectivity index (χ1) is 13.9. The summed E-state index contributed by atoms with van der Waals surface area (Å²) in [6, 6.07) is 13.4. The maximum atomic E-state index is 13.7. The van der Waals surface area contributed by atoms with Crippen LogP contribution in [0.5, 0.6) is 11.5 Å². The Bertz CT molecular complexity index is 921.